The summed E-state index contributed by atoms with van der Waals surface area (Å²) >= 11 is 5.61. The summed E-state index contributed by atoms with van der Waals surface area (Å²) in [4.78, 5) is 20.1. The Hall–Kier alpha value is -3.14. The van der Waals surface area contributed by atoms with E-state index in [1.54, 1.807) is 13.0 Å². The molecular formula is C16H11ClF3N5O2. The Morgan fingerprint density at radius 2 is 1.89 bits per heavy atom. The van der Waals surface area contributed by atoms with E-state index in [0.717, 1.165) is 12.1 Å². The normalized spacial score (nSPS) is 11.3. The minimum atomic E-state index is -4.67. The number of aryl methyl sites for hydroxylation is 1. The molecule has 140 valence electrons. The zero-order valence-corrected chi connectivity index (χ0v) is 14.4. The molecule has 0 aliphatic carbocycles. The van der Waals surface area contributed by atoms with E-state index in [4.69, 9.17) is 16.1 Å². The number of hydrogen-bond acceptors (Lipinski definition) is 6. The minimum Gasteiger partial charge on any atom is -0.360 e. The Bertz CT molecular complexity index is 973. The molecule has 11 heteroatoms. The number of hydrogen-bond donors (Lipinski definition) is 2. The van der Waals surface area contributed by atoms with Crippen molar-refractivity contribution >= 4 is 35.0 Å². The van der Waals surface area contributed by atoms with Gasteiger partial charge in [-0.1, -0.05) is 16.8 Å². The van der Waals surface area contributed by atoms with Crippen molar-refractivity contribution in [3.63, 3.8) is 0 Å². The molecule has 3 rings (SSSR count). The molecule has 0 aliphatic rings. The highest BCUT2D eigenvalue weighted by molar-refractivity contribution is 6.30. The monoisotopic (exact) mass is 397 g/mol. The van der Waals surface area contributed by atoms with Crippen molar-refractivity contribution in [3.8, 4) is 0 Å². The number of carbonyl (C=O) groups excluding carboxylic acids is 1. The first kappa shape index (κ1) is 18.6. The number of carbonyl (C=O) groups is 1. The molecule has 0 fully saturated rings. The molecule has 2 heterocycles. The summed E-state index contributed by atoms with van der Waals surface area (Å²) in [5.74, 6) is 0.298. The van der Waals surface area contributed by atoms with Gasteiger partial charge in [-0.05, 0) is 25.1 Å². The van der Waals surface area contributed by atoms with E-state index in [-0.39, 0.29) is 16.5 Å². The van der Waals surface area contributed by atoms with E-state index < -0.39 is 23.3 Å². The average molecular weight is 398 g/mol. The zero-order chi connectivity index (χ0) is 19.6. The summed E-state index contributed by atoms with van der Waals surface area (Å²) in [7, 11) is 0. The molecule has 0 saturated heterocycles. The number of aromatic nitrogens is 3. The van der Waals surface area contributed by atoms with Gasteiger partial charge in [0.15, 0.2) is 5.82 Å². The van der Waals surface area contributed by atoms with Gasteiger partial charge in [0.2, 0.25) is 5.95 Å². The zero-order valence-electron chi connectivity index (χ0n) is 13.6. The highest BCUT2D eigenvalue weighted by Gasteiger charge is 2.34. The molecule has 27 heavy (non-hydrogen) atoms. The van der Waals surface area contributed by atoms with E-state index in [1.165, 1.54) is 18.5 Å². The van der Waals surface area contributed by atoms with Gasteiger partial charge in [-0.15, -0.1) is 0 Å². The number of nitrogens with one attached hydrogen (secondary N) is 2. The third-order valence-electron chi connectivity index (χ3n) is 3.32. The maximum absolute atomic E-state index is 13.1. The highest BCUT2D eigenvalue weighted by atomic mass is 35.5. The molecule has 0 saturated carbocycles. The van der Waals surface area contributed by atoms with Crippen molar-refractivity contribution in [2.75, 3.05) is 10.6 Å². The summed E-state index contributed by atoms with van der Waals surface area (Å²) in [6, 6.07) is 4.67. The van der Waals surface area contributed by atoms with Crippen LogP contribution in [0.25, 0.3) is 0 Å². The summed E-state index contributed by atoms with van der Waals surface area (Å²) < 4.78 is 44.1. The molecule has 2 N–H and O–H groups in total. The van der Waals surface area contributed by atoms with Crippen LogP contribution in [0.4, 0.5) is 30.6 Å². The largest absolute Gasteiger partial charge is 0.418 e. The third-order valence-corrected chi connectivity index (χ3v) is 3.55. The van der Waals surface area contributed by atoms with E-state index in [0.29, 0.717) is 11.6 Å². The number of anilines is 3. The number of alkyl halides is 3. The molecule has 0 radical (unpaired) electrons. The molecule has 0 unspecified atom stereocenters. The second-order valence-electron chi connectivity index (χ2n) is 5.38. The second-order valence-corrected chi connectivity index (χ2v) is 5.82. The fraction of sp³-hybridized carbons (Fsp3) is 0.125. The van der Waals surface area contributed by atoms with E-state index in [1.807, 2.05) is 0 Å². The van der Waals surface area contributed by atoms with Crippen LogP contribution in [-0.4, -0.2) is 21.0 Å². The van der Waals surface area contributed by atoms with Crippen molar-refractivity contribution in [2.24, 2.45) is 0 Å². The highest BCUT2D eigenvalue weighted by Crippen LogP contribution is 2.36. The first-order valence-electron chi connectivity index (χ1n) is 7.43. The van der Waals surface area contributed by atoms with Gasteiger partial charge in [-0.25, -0.2) is 9.97 Å². The molecule has 0 spiro atoms. The fourth-order valence-corrected chi connectivity index (χ4v) is 2.28. The molecule has 3 aromatic rings. The van der Waals surface area contributed by atoms with Crippen molar-refractivity contribution in [1.29, 1.82) is 0 Å². The standard InChI is InChI=1S/C16H11ClF3N5O2/c1-8-4-13(25-27-8)24-15-21-6-9(7-22-15)14(26)23-12-3-2-10(17)5-11(12)16(18,19)20/h2-7H,1H3,(H,23,26)(H,21,22,24,25). The van der Waals surface area contributed by atoms with Gasteiger partial charge in [0.25, 0.3) is 5.91 Å². The molecule has 0 aliphatic heterocycles. The topological polar surface area (TPSA) is 92.9 Å². The number of amides is 1. The van der Waals surface area contributed by atoms with Crippen LogP contribution in [0, 0.1) is 6.92 Å². The lowest BCUT2D eigenvalue weighted by Gasteiger charge is -2.14. The van der Waals surface area contributed by atoms with Crippen molar-refractivity contribution in [2.45, 2.75) is 13.1 Å². The Morgan fingerprint density at radius 1 is 1.19 bits per heavy atom. The van der Waals surface area contributed by atoms with Crippen LogP contribution in [0.2, 0.25) is 5.02 Å². The number of benzene rings is 1. The van der Waals surface area contributed by atoms with Gasteiger partial charge in [-0.3, -0.25) is 4.79 Å². The molecule has 2 aromatic heterocycles. The minimum absolute atomic E-state index is 0.0278. The predicted octanol–water partition coefficient (Wildman–Crippen LogP) is 4.44. The lowest BCUT2D eigenvalue weighted by atomic mass is 10.1. The SMILES string of the molecule is Cc1cc(Nc2ncc(C(=O)Nc3ccc(Cl)cc3C(F)(F)F)cn2)no1. The first-order valence-corrected chi connectivity index (χ1v) is 7.80. The smallest absolute Gasteiger partial charge is 0.360 e. The number of rotatable bonds is 4. The number of halogens is 4. The summed E-state index contributed by atoms with van der Waals surface area (Å²) in [5, 5.41) is 8.55. The van der Waals surface area contributed by atoms with Crippen LogP contribution < -0.4 is 10.6 Å². The first-order chi connectivity index (χ1) is 12.7. The van der Waals surface area contributed by atoms with Gasteiger partial charge >= 0.3 is 6.18 Å². The molecule has 1 amide bonds. The van der Waals surface area contributed by atoms with Crippen LogP contribution in [0.15, 0.2) is 41.2 Å². The fourth-order valence-electron chi connectivity index (χ4n) is 2.10. The van der Waals surface area contributed by atoms with Crippen molar-refractivity contribution in [3.05, 3.63) is 58.6 Å². The van der Waals surface area contributed by atoms with Crippen LogP contribution in [-0.2, 0) is 6.18 Å². The predicted molar refractivity (Wildman–Crippen MR) is 91.0 cm³/mol. The van der Waals surface area contributed by atoms with Crippen molar-refractivity contribution < 1.29 is 22.5 Å². The van der Waals surface area contributed by atoms with Crippen LogP contribution >= 0.6 is 11.6 Å². The third kappa shape index (κ3) is 4.53. The van der Waals surface area contributed by atoms with Gasteiger partial charge in [0, 0.05) is 23.5 Å². The molecule has 0 atom stereocenters. The lowest BCUT2D eigenvalue weighted by molar-refractivity contribution is -0.136. The molecule has 7 nitrogen and oxygen atoms in total. The Morgan fingerprint density at radius 3 is 2.48 bits per heavy atom. The summed E-state index contributed by atoms with van der Waals surface area (Å²) in [6.45, 7) is 1.71. The lowest BCUT2D eigenvalue weighted by Crippen LogP contribution is -2.17. The van der Waals surface area contributed by atoms with E-state index in [2.05, 4.69) is 25.8 Å². The molecule has 1 aromatic carbocycles. The van der Waals surface area contributed by atoms with Gasteiger partial charge < -0.3 is 15.2 Å². The Kier molecular flexibility index (Phi) is 5.00. The van der Waals surface area contributed by atoms with Crippen LogP contribution in [0.5, 0.6) is 0 Å². The summed E-state index contributed by atoms with van der Waals surface area (Å²) in [6.07, 6.45) is -2.34. The van der Waals surface area contributed by atoms with Crippen LogP contribution in [0.3, 0.4) is 0 Å². The van der Waals surface area contributed by atoms with Crippen molar-refractivity contribution in [1.82, 2.24) is 15.1 Å². The van der Waals surface area contributed by atoms with Gasteiger partial charge in [0.05, 0.1) is 16.8 Å². The molecule has 0 bridgehead atoms. The Labute approximate surface area is 155 Å². The van der Waals surface area contributed by atoms with Gasteiger partial charge in [-0.2, -0.15) is 13.2 Å². The van der Waals surface area contributed by atoms with Crippen LogP contribution in [0.1, 0.15) is 21.7 Å². The van der Waals surface area contributed by atoms with Gasteiger partial charge in [0.1, 0.15) is 5.76 Å². The quantitative estimate of drug-likeness (QED) is 0.676. The molecular weight excluding hydrogens is 387 g/mol. The summed E-state index contributed by atoms with van der Waals surface area (Å²) in [5.41, 5.74) is -1.50. The van der Waals surface area contributed by atoms with E-state index >= 15 is 0 Å². The Balaban J connectivity index is 1.75. The van der Waals surface area contributed by atoms with E-state index in [9.17, 15) is 18.0 Å². The average Bonchev–Trinajstić information content (AvgIpc) is 3.01. The maximum atomic E-state index is 13.1. The number of nitrogens with zero attached hydrogens (tertiary/aromatic N) is 3. The second kappa shape index (κ2) is 7.23. The maximum Gasteiger partial charge on any atom is 0.418 e.